The number of carbonyl (C=O) groups excluding carboxylic acids is 2. The molecule has 1 unspecified atom stereocenters. The molecule has 2 rings (SSSR count). The van der Waals surface area contributed by atoms with Crippen LogP contribution in [-0.2, 0) is 19.1 Å². The zero-order chi connectivity index (χ0) is 21.1. The van der Waals surface area contributed by atoms with Gasteiger partial charge < -0.3 is 14.8 Å². The molecule has 1 N–H and O–H groups in total. The maximum atomic E-state index is 12.6. The van der Waals surface area contributed by atoms with Gasteiger partial charge in [-0.15, -0.1) is 0 Å². The molecule has 1 aromatic rings. The lowest BCUT2D eigenvalue weighted by molar-refractivity contribution is -0.183. The third-order valence-electron chi connectivity index (χ3n) is 3.97. The fourth-order valence-electron chi connectivity index (χ4n) is 2.91. The van der Waals surface area contributed by atoms with E-state index < -0.39 is 30.8 Å². The van der Waals surface area contributed by atoms with Crippen LogP contribution in [0.25, 0.3) is 5.57 Å². The van der Waals surface area contributed by atoms with Crippen LogP contribution in [0.4, 0.5) is 13.2 Å². The number of alkyl halides is 3. The molecule has 5 nitrogen and oxygen atoms in total. The number of ether oxygens (including phenoxy) is 2. The normalized spacial score (nSPS) is 17.3. The SMILES string of the molecule is CCOC(=O)C1=C(c2ccccc2Cl)C(C(=O)OCC(F)(F)F)=C(C)NC1C. The molecule has 1 aliphatic heterocycles. The van der Waals surface area contributed by atoms with E-state index in [1.54, 1.807) is 38.1 Å². The van der Waals surface area contributed by atoms with E-state index in [2.05, 4.69) is 10.1 Å². The van der Waals surface area contributed by atoms with Gasteiger partial charge in [0.1, 0.15) is 0 Å². The molecule has 0 aromatic heterocycles. The van der Waals surface area contributed by atoms with Crippen molar-refractivity contribution in [1.82, 2.24) is 5.32 Å². The van der Waals surface area contributed by atoms with Gasteiger partial charge in [-0.1, -0.05) is 29.8 Å². The predicted octanol–water partition coefficient (Wildman–Crippen LogP) is 4.03. The Kier molecular flexibility index (Phi) is 6.77. The summed E-state index contributed by atoms with van der Waals surface area (Å²) in [5.74, 6) is -1.92. The van der Waals surface area contributed by atoms with E-state index in [-0.39, 0.29) is 34.0 Å². The number of hydrogen-bond acceptors (Lipinski definition) is 5. The number of allylic oxidation sites excluding steroid dienone is 1. The Morgan fingerprint density at radius 2 is 1.82 bits per heavy atom. The summed E-state index contributed by atoms with van der Waals surface area (Å²) in [5.41, 5.74) is 0.569. The highest BCUT2D eigenvalue weighted by atomic mass is 35.5. The summed E-state index contributed by atoms with van der Waals surface area (Å²) in [6, 6.07) is 5.84. The standard InChI is InChI=1S/C19H19ClF3NO4/c1-4-27-17(25)14-10(2)24-11(3)15(18(26)28-9-19(21,22)23)16(14)12-7-5-6-8-13(12)20/h5-8,10,24H,4,9H2,1-3H3. The number of hydrogen-bond donors (Lipinski definition) is 1. The van der Waals surface area contributed by atoms with E-state index >= 15 is 0 Å². The Morgan fingerprint density at radius 3 is 2.39 bits per heavy atom. The van der Waals surface area contributed by atoms with E-state index in [1.165, 1.54) is 6.92 Å². The number of rotatable bonds is 5. The zero-order valence-electron chi connectivity index (χ0n) is 15.4. The highest BCUT2D eigenvalue weighted by Gasteiger charge is 2.37. The second-order valence-electron chi connectivity index (χ2n) is 6.05. The molecule has 0 aliphatic carbocycles. The van der Waals surface area contributed by atoms with Crippen molar-refractivity contribution in [2.45, 2.75) is 33.0 Å². The van der Waals surface area contributed by atoms with E-state index in [9.17, 15) is 22.8 Å². The predicted molar refractivity (Wildman–Crippen MR) is 97.3 cm³/mol. The first kappa shape index (κ1) is 21.8. The maximum Gasteiger partial charge on any atom is 0.422 e. The smallest absolute Gasteiger partial charge is 0.422 e. The fraction of sp³-hybridized carbons (Fsp3) is 0.368. The molecule has 1 heterocycles. The summed E-state index contributed by atoms with van der Waals surface area (Å²) < 4.78 is 47.1. The largest absolute Gasteiger partial charge is 0.463 e. The average molecular weight is 418 g/mol. The summed E-state index contributed by atoms with van der Waals surface area (Å²) in [5, 5.41) is 3.14. The Bertz CT molecular complexity index is 846. The van der Waals surface area contributed by atoms with Crippen molar-refractivity contribution in [3.8, 4) is 0 Å². The summed E-state index contributed by atoms with van der Waals surface area (Å²) in [6.07, 6.45) is -4.68. The highest BCUT2D eigenvalue weighted by Crippen LogP contribution is 2.38. The van der Waals surface area contributed by atoms with Crippen molar-refractivity contribution in [3.63, 3.8) is 0 Å². The van der Waals surface area contributed by atoms with Gasteiger partial charge in [0.25, 0.3) is 0 Å². The number of esters is 2. The van der Waals surface area contributed by atoms with Gasteiger partial charge in [0, 0.05) is 21.9 Å². The van der Waals surface area contributed by atoms with Crippen molar-refractivity contribution < 1.29 is 32.2 Å². The summed E-state index contributed by atoms with van der Waals surface area (Å²) >= 11 is 6.26. The summed E-state index contributed by atoms with van der Waals surface area (Å²) in [6.45, 7) is 3.14. The van der Waals surface area contributed by atoms with Gasteiger partial charge in [-0.3, -0.25) is 0 Å². The van der Waals surface area contributed by atoms with Gasteiger partial charge in [0.15, 0.2) is 6.61 Å². The highest BCUT2D eigenvalue weighted by molar-refractivity contribution is 6.33. The molecule has 0 saturated carbocycles. The van der Waals surface area contributed by atoms with E-state index in [0.29, 0.717) is 5.56 Å². The Hall–Kier alpha value is -2.48. The second-order valence-corrected chi connectivity index (χ2v) is 6.45. The monoisotopic (exact) mass is 417 g/mol. The van der Waals surface area contributed by atoms with Crippen molar-refractivity contribution in [2.24, 2.45) is 0 Å². The molecular formula is C19H19ClF3NO4. The van der Waals surface area contributed by atoms with Crippen molar-refractivity contribution in [2.75, 3.05) is 13.2 Å². The number of dihydropyridines is 1. The van der Waals surface area contributed by atoms with Gasteiger partial charge in [0.2, 0.25) is 0 Å². The first-order valence-electron chi connectivity index (χ1n) is 8.44. The minimum atomic E-state index is -4.68. The zero-order valence-corrected chi connectivity index (χ0v) is 16.2. The summed E-state index contributed by atoms with van der Waals surface area (Å²) in [4.78, 5) is 25.1. The van der Waals surface area contributed by atoms with Crippen LogP contribution in [0.5, 0.6) is 0 Å². The molecule has 1 aromatic carbocycles. The van der Waals surface area contributed by atoms with Crippen LogP contribution < -0.4 is 5.32 Å². The minimum Gasteiger partial charge on any atom is -0.463 e. The molecule has 0 bridgehead atoms. The van der Waals surface area contributed by atoms with Gasteiger partial charge in [-0.25, -0.2) is 9.59 Å². The molecule has 0 radical (unpaired) electrons. The molecular weight excluding hydrogens is 399 g/mol. The van der Waals surface area contributed by atoms with Crippen LogP contribution in [0.15, 0.2) is 41.1 Å². The van der Waals surface area contributed by atoms with Crippen LogP contribution in [0.3, 0.4) is 0 Å². The van der Waals surface area contributed by atoms with Gasteiger partial charge in [-0.2, -0.15) is 13.2 Å². The number of nitrogens with one attached hydrogen (secondary N) is 1. The first-order valence-corrected chi connectivity index (χ1v) is 8.82. The Morgan fingerprint density at radius 1 is 1.18 bits per heavy atom. The minimum absolute atomic E-state index is 0.0829. The molecule has 1 aliphatic rings. The lowest BCUT2D eigenvalue weighted by Gasteiger charge is -2.30. The fourth-order valence-corrected chi connectivity index (χ4v) is 3.14. The molecule has 152 valence electrons. The molecule has 0 fully saturated rings. The number of benzene rings is 1. The van der Waals surface area contributed by atoms with Crippen LogP contribution in [0, 0.1) is 0 Å². The van der Waals surface area contributed by atoms with Gasteiger partial charge >= 0.3 is 18.1 Å². The maximum absolute atomic E-state index is 12.6. The van der Waals surface area contributed by atoms with E-state index in [1.807, 2.05) is 0 Å². The van der Waals surface area contributed by atoms with Crippen molar-refractivity contribution in [1.29, 1.82) is 0 Å². The molecule has 1 atom stereocenters. The van der Waals surface area contributed by atoms with E-state index in [4.69, 9.17) is 16.3 Å². The Balaban J connectivity index is 2.66. The molecule has 0 amide bonds. The van der Waals surface area contributed by atoms with Crippen LogP contribution in [-0.4, -0.2) is 37.4 Å². The van der Waals surface area contributed by atoms with Crippen LogP contribution in [0.1, 0.15) is 26.3 Å². The molecule has 0 spiro atoms. The van der Waals surface area contributed by atoms with Gasteiger partial charge in [0.05, 0.1) is 23.8 Å². The molecule has 28 heavy (non-hydrogen) atoms. The second kappa shape index (κ2) is 8.68. The molecule has 9 heteroatoms. The third-order valence-corrected chi connectivity index (χ3v) is 4.30. The van der Waals surface area contributed by atoms with Crippen LogP contribution >= 0.6 is 11.6 Å². The first-order chi connectivity index (χ1) is 13.1. The Labute approximate surface area is 165 Å². The lowest BCUT2D eigenvalue weighted by Crippen LogP contribution is -2.38. The third kappa shape index (κ3) is 4.86. The van der Waals surface area contributed by atoms with Crippen molar-refractivity contribution >= 4 is 29.1 Å². The number of halogens is 4. The molecule has 0 saturated heterocycles. The van der Waals surface area contributed by atoms with Crippen molar-refractivity contribution in [3.05, 3.63) is 51.7 Å². The topological polar surface area (TPSA) is 64.6 Å². The van der Waals surface area contributed by atoms with E-state index in [0.717, 1.165) is 0 Å². The summed E-state index contributed by atoms with van der Waals surface area (Å²) in [7, 11) is 0. The number of carbonyl (C=O) groups is 2. The quantitative estimate of drug-likeness (QED) is 0.733. The lowest BCUT2D eigenvalue weighted by atomic mass is 9.85. The average Bonchev–Trinajstić information content (AvgIpc) is 2.59. The van der Waals surface area contributed by atoms with Crippen LogP contribution in [0.2, 0.25) is 5.02 Å². The van der Waals surface area contributed by atoms with Gasteiger partial charge in [-0.05, 0) is 26.8 Å².